The fourth-order valence-corrected chi connectivity index (χ4v) is 3.89. The Labute approximate surface area is 162 Å². The maximum atomic E-state index is 13.1. The average molecular weight is 372 g/mol. The number of H-pyrrole nitrogens is 1. The molecule has 0 aliphatic carbocycles. The fraction of sp³-hybridized carbons (Fsp3) is 0.182. The Balaban J connectivity index is 1.42. The summed E-state index contributed by atoms with van der Waals surface area (Å²) < 4.78 is 7.38. The minimum atomic E-state index is -0.00337. The molecule has 0 spiro atoms. The molecule has 4 aromatic rings. The van der Waals surface area contributed by atoms with Crippen LogP contribution in [0.3, 0.4) is 0 Å². The van der Waals surface area contributed by atoms with Gasteiger partial charge in [0.15, 0.2) is 0 Å². The number of nitrogens with one attached hydrogen (secondary N) is 1. The van der Waals surface area contributed by atoms with Crippen molar-refractivity contribution in [1.29, 1.82) is 0 Å². The number of aromatic amines is 1. The molecule has 2 aromatic heterocycles. The number of para-hydroxylation sites is 1. The van der Waals surface area contributed by atoms with Crippen LogP contribution in [0.2, 0.25) is 0 Å². The summed E-state index contributed by atoms with van der Waals surface area (Å²) in [6, 6.07) is 17.7. The number of carbonyl (C=O) groups excluding carboxylic acids is 1. The quantitative estimate of drug-likeness (QED) is 0.598. The number of hydrogen-bond acceptors (Lipinski definition) is 3. The van der Waals surface area contributed by atoms with Gasteiger partial charge in [0.1, 0.15) is 11.4 Å². The van der Waals surface area contributed by atoms with Gasteiger partial charge in [0, 0.05) is 36.0 Å². The topological polar surface area (TPSA) is 63.2 Å². The summed E-state index contributed by atoms with van der Waals surface area (Å²) in [5.74, 6) is 0.759. The SMILES string of the molecule is COc1cccc2[nH]c(C(=O)N3CCc4c(cnn4-c4ccccc4)C3)cc12. The van der Waals surface area contributed by atoms with E-state index in [-0.39, 0.29) is 5.91 Å². The maximum Gasteiger partial charge on any atom is 0.270 e. The average Bonchev–Trinajstić information content (AvgIpc) is 3.37. The second kappa shape index (κ2) is 6.56. The first-order chi connectivity index (χ1) is 13.7. The van der Waals surface area contributed by atoms with Crippen molar-refractivity contribution in [3.63, 3.8) is 0 Å². The second-order valence-corrected chi connectivity index (χ2v) is 6.95. The molecular weight excluding hydrogens is 352 g/mol. The number of fused-ring (bicyclic) bond motifs is 2. The van der Waals surface area contributed by atoms with Crippen molar-refractivity contribution in [2.45, 2.75) is 13.0 Å². The van der Waals surface area contributed by atoms with Gasteiger partial charge in [-0.3, -0.25) is 4.79 Å². The van der Waals surface area contributed by atoms with E-state index in [9.17, 15) is 4.79 Å². The van der Waals surface area contributed by atoms with Gasteiger partial charge in [-0.05, 0) is 30.3 Å². The van der Waals surface area contributed by atoms with Crippen molar-refractivity contribution in [3.8, 4) is 11.4 Å². The highest BCUT2D eigenvalue weighted by Crippen LogP contribution is 2.28. The van der Waals surface area contributed by atoms with E-state index in [1.165, 1.54) is 5.69 Å². The number of rotatable bonds is 3. The Morgan fingerprint density at radius 1 is 1.14 bits per heavy atom. The summed E-state index contributed by atoms with van der Waals surface area (Å²) in [6.07, 6.45) is 2.65. The number of methoxy groups -OCH3 is 1. The first-order valence-corrected chi connectivity index (χ1v) is 9.31. The standard InChI is InChI=1S/C22H20N4O2/c1-28-21-9-5-8-18-17(21)12-19(24-18)22(27)25-11-10-20-15(14-25)13-23-26(20)16-6-3-2-4-7-16/h2-9,12-13,24H,10-11,14H2,1H3. The van der Waals surface area contributed by atoms with E-state index >= 15 is 0 Å². The van der Waals surface area contributed by atoms with E-state index in [1.54, 1.807) is 7.11 Å². The fourth-order valence-electron chi connectivity index (χ4n) is 3.89. The molecule has 140 valence electrons. The van der Waals surface area contributed by atoms with Crippen LogP contribution in [-0.2, 0) is 13.0 Å². The van der Waals surface area contributed by atoms with E-state index in [0.29, 0.717) is 18.8 Å². The number of aromatic nitrogens is 3. The predicted octanol–water partition coefficient (Wildman–Crippen LogP) is 3.56. The molecule has 6 heteroatoms. The highest BCUT2D eigenvalue weighted by molar-refractivity contribution is 5.99. The molecule has 2 aromatic carbocycles. The first-order valence-electron chi connectivity index (χ1n) is 9.31. The van der Waals surface area contributed by atoms with Gasteiger partial charge in [0.05, 0.1) is 24.7 Å². The molecule has 6 nitrogen and oxygen atoms in total. The Bertz CT molecular complexity index is 1160. The highest BCUT2D eigenvalue weighted by Gasteiger charge is 2.26. The third kappa shape index (κ3) is 2.65. The monoisotopic (exact) mass is 372 g/mol. The van der Waals surface area contributed by atoms with E-state index in [4.69, 9.17) is 4.74 Å². The normalized spacial score (nSPS) is 13.5. The molecule has 1 N–H and O–H groups in total. The van der Waals surface area contributed by atoms with Gasteiger partial charge in [0.25, 0.3) is 5.91 Å². The summed E-state index contributed by atoms with van der Waals surface area (Å²) in [4.78, 5) is 18.2. The molecular formula is C22H20N4O2. The van der Waals surface area contributed by atoms with Crippen molar-refractivity contribution >= 4 is 16.8 Å². The van der Waals surface area contributed by atoms with E-state index < -0.39 is 0 Å². The van der Waals surface area contributed by atoms with Gasteiger partial charge >= 0.3 is 0 Å². The van der Waals surface area contributed by atoms with Crippen LogP contribution in [0.15, 0.2) is 60.8 Å². The maximum absolute atomic E-state index is 13.1. The summed E-state index contributed by atoms with van der Waals surface area (Å²) in [7, 11) is 1.64. The van der Waals surface area contributed by atoms with Gasteiger partial charge in [-0.25, -0.2) is 4.68 Å². The lowest BCUT2D eigenvalue weighted by Crippen LogP contribution is -2.36. The van der Waals surface area contributed by atoms with Crippen molar-refractivity contribution in [1.82, 2.24) is 19.7 Å². The molecule has 0 radical (unpaired) electrons. The Hall–Kier alpha value is -3.54. The van der Waals surface area contributed by atoms with E-state index in [0.717, 1.165) is 34.3 Å². The molecule has 0 saturated heterocycles. The van der Waals surface area contributed by atoms with Gasteiger partial charge < -0.3 is 14.6 Å². The third-order valence-electron chi connectivity index (χ3n) is 5.30. The number of amides is 1. The number of hydrogen-bond donors (Lipinski definition) is 1. The third-order valence-corrected chi connectivity index (χ3v) is 5.30. The molecule has 28 heavy (non-hydrogen) atoms. The molecule has 1 aliphatic heterocycles. The van der Waals surface area contributed by atoms with Crippen LogP contribution in [0.4, 0.5) is 0 Å². The van der Waals surface area contributed by atoms with Gasteiger partial charge in [-0.15, -0.1) is 0 Å². The largest absolute Gasteiger partial charge is 0.496 e. The molecule has 0 unspecified atom stereocenters. The number of ether oxygens (including phenoxy) is 1. The second-order valence-electron chi connectivity index (χ2n) is 6.95. The van der Waals surface area contributed by atoms with Crippen molar-refractivity contribution < 1.29 is 9.53 Å². The van der Waals surface area contributed by atoms with Crippen LogP contribution in [0.5, 0.6) is 5.75 Å². The zero-order chi connectivity index (χ0) is 19.1. The summed E-state index contributed by atoms with van der Waals surface area (Å²) in [5.41, 5.74) is 4.80. The highest BCUT2D eigenvalue weighted by atomic mass is 16.5. The molecule has 1 aliphatic rings. The minimum absolute atomic E-state index is 0.00337. The van der Waals surface area contributed by atoms with Crippen LogP contribution < -0.4 is 4.74 Å². The smallest absolute Gasteiger partial charge is 0.270 e. The number of carbonyl (C=O) groups is 1. The molecule has 0 saturated carbocycles. The van der Waals surface area contributed by atoms with Crippen LogP contribution in [0.1, 0.15) is 21.7 Å². The molecule has 0 bridgehead atoms. The van der Waals surface area contributed by atoms with Crippen LogP contribution >= 0.6 is 0 Å². The molecule has 5 rings (SSSR count). The van der Waals surface area contributed by atoms with Crippen molar-refractivity contribution in [2.24, 2.45) is 0 Å². The summed E-state index contributed by atoms with van der Waals surface area (Å²) in [5, 5.41) is 5.47. The lowest BCUT2D eigenvalue weighted by atomic mass is 10.1. The molecule has 3 heterocycles. The lowest BCUT2D eigenvalue weighted by Gasteiger charge is -2.27. The van der Waals surface area contributed by atoms with Gasteiger partial charge in [0.2, 0.25) is 0 Å². The molecule has 0 atom stereocenters. The first kappa shape index (κ1) is 16.6. The molecule has 1 amide bonds. The van der Waals surface area contributed by atoms with Crippen LogP contribution in [-0.4, -0.2) is 39.2 Å². The van der Waals surface area contributed by atoms with Gasteiger partial charge in [-0.1, -0.05) is 24.3 Å². The number of nitrogens with zero attached hydrogens (tertiary/aromatic N) is 3. The van der Waals surface area contributed by atoms with Gasteiger partial charge in [-0.2, -0.15) is 5.10 Å². The zero-order valence-corrected chi connectivity index (χ0v) is 15.6. The molecule has 0 fully saturated rings. The van der Waals surface area contributed by atoms with Crippen LogP contribution in [0, 0.1) is 0 Å². The predicted molar refractivity (Wildman–Crippen MR) is 107 cm³/mol. The Morgan fingerprint density at radius 3 is 2.82 bits per heavy atom. The Morgan fingerprint density at radius 2 is 2.00 bits per heavy atom. The lowest BCUT2D eigenvalue weighted by molar-refractivity contribution is 0.0729. The van der Waals surface area contributed by atoms with Crippen molar-refractivity contribution in [2.75, 3.05) is 13.7 Å². The van der Waals surface area contributed by atoms with Crippen LogP contribution in [0.25, 0.3) is 16.6 Å². The van der Waals surface area contributed by atoms with E-state index in [2.05, 4.69) is 10.1 Å². The zero-order valence-electron chi connectivity index (χ0n) is 15.6. The minimum Gasteiger partial charge on any atom is -0.496 e. The van der Waals surface area contributed by atoms with E-state index in [1.807, 2.05) is 70.4 Å². The summed E-state index contributed by atoms with van der Waals surface area (Å²) >= 11 is 0. The van der Waals surface area contributed by atoms with Crippen molar-refractivity contribution in [3.05, 3.63) is 77.7 Å². The number of benzene rings is 2. The Kier molecular flexibility index (Phi) is 3.90. The summed E-state index contributed by atoms with van der Waals surface area (Å²) in [6.45, 7) is 1.23.